The Labute approximate surface area is 90.5 Å². The molecular formula is C10H10BrFO2. The molecule has 14 heavy (non-hydrogen) atoms. The highest BCUT2D eigenvalue weighted by Gasteiger charge is 2.06. The molecule has 2 nitrogen and oxygen atoms in total. The van der Waals surface area contributed by atoms with E-state index in [1.807, 2.05) is 0 Å². The predicted octanol–water partition coefficient (Wildman–Crippen LogP) is 3.37. The molecule has 0 bridgehead atoms. The van der Waals surface area contributed by atoms with Gasteiger partial charge < -0.3 is 9.47 Å². The lowest BCUT2D eigenvalue weighted by Gasteiger charge is -2.08. The van der Waals surface area contributed by atoms with E-state index in [2.05, 4.69) is 15.9 Å². The molecule has 0 amide bonds. The van der Waals surface area contributed by atoms with Crippen molar-refractivity contribution in [3.63, 3.8) is 0 Å². The Hall–Kier alpha value is -1.03. The van der Waals surface area contributed by atoms with E-state index in [1.165, 1.54) is 19.2 Å². The predicted molar refractivity (Wildman–Crippen MR) is 57.6 cm³/mol. The van der Waals surface area contributed by atoms with Gasteiger partial charge in [-0.15, -0.1) is 0 Å². The second-order valence-corrected chi connectivity index (χ2v) is 2.98. The van der Waals surface area contributed by atoms with Crippen molar-refractivity contribution in [2.24, 2.45) is 0 Å². The number of methoxy groups -OCH3 is 2. The van der Waals surface area contributed by atoms with Crippen LogP contribution in [-0.2, 0) is 0 Å². The summed E-state index contributed by atoms with van der Waals surface area (Å²) in [6.07, 6.45) is 0. The lowest BCUT2D eigenvalue weighted by Crippen LogP contribution is -1.91. The molecule has 0 aliphatic carbocycles. The van der Waals surface area contributed by atoms with Crippen molar-refractivity contribution in [1.29, 1.82) is 0 Å². The summed E-state index contributed by atoms with van der Waals surface area (Å²) in [7, 11) is 3.05. The first-order valence-corrected chi connectivity index (χ1v) is 4.82. The van der Waals surface area contributed by atoms with Gasteiger partial charge in [-0.25, -0.2) is 4.39 Å². The zero-order valence-electron chi connectivity index (χ0n) is 7.88. The SMILES string of the molecule is COc1ccc(/C(F)=C\Br)cc1OC. The summed E-state index contributed by atoms with van der Waals surface area (Å²) in [5.41, 5.74) is 0.444. The van der Waals surface area contributed by atoms with Crippen molar-refractivity contribution in [3.8, 4) is 11.5 Å². The highest BCUT2D eigenvalue weighted by atomic mass is 79.9. The first kappa shape index (κ1) is 11.0. The van der Waals surface area contributed by atoms with Crippen LogP contribution in [0.25, 0.3) is 5.83 Å². The van der Waals surface area contributed by atoms with E-state index in [1.54, 1.807) is 18.2 Å². The van der Waals surface area contributed by atoms with E-state index in [0.29, 0.717) is 17.1 Å². The molecule has 0 fully saturated rings. The molecule has 0 saturated carbocycles. The van der Waals surface area contributed by atoms with Gasteiger partial charge in [-0.1, -0.05) is 15.9 Å². The molecule has 0 atom stereocenters. The number of halogens is 2. The van der Waals surface area contributed by atoms with Crippen LogP contribution >= 0.6 is 15.9 Å². The molecule has 0 aliphatic rings. The van der Waals surface area contributed by atoms with Gasteiger partial charge in [0, 0.05) is 10.5 Å². The quantitative estimate of drug-likeness (QED) is 0.830. The minimum Gasteiger partial charge on any atom is -0.493 e. The van der Waals surface area contributed by atoms with Crippen LogP contribution in [0.1, 0.15) is 5.56 Å². The molecule has 0 saturated heterocycles. The van der Waals surface area contributed by atoms with Crippen molar-refractivity contribution in [3.05, 3.63) is 28.7 Å². The van der Waals surface area contributed by atoms with E-state index in [4.69, 9.17) is 9.47 Å². The minimum absolute atomic E-state index is 0.356. The fraction of sp³-hybridized carbons (Fsp3) is 0.200. The average Bonchev–Trinajstić information content (AvgIpc) is 2.26. The van der Waals surface area contributed by atoms with Gasteiger partial charge in [0.2, 0.25) is 0 Å². The molecule has 4 heteroatoms. The van der Waals surface area contributed by atoms with Crippen LogP contribution in [0.15, 0.2) is 23.2 Å². The smallest absolute Gasteiger partial charge is 0.161 e. The summed E-state index contributed by atoms with van der Waals surface area (Å²) in [5, 5.41) is 0. The van der Waals surface area contributed by atoms with Crippen molar-refractivity contribution in [2.75, 3.05) is 14.2 Å². The molecule has 0 N–H and O–H groups in total. The second kappa shape index (κ2) is 5.00. The zero-order valence-corrected chi connectivity index (χ0v) is 9.47. The van der Waals surface area contributed by atoms with Crippen LogP contribution in [0.5, 0.6) is 11.5 Å². The van der Waals surface area contributed by atoms with E-state index in [9.17, 15) is 4.39 Å². The Kier molecular flexibility index (Phi) is 3.95. The maximum atomic E-state index is 13.1. The third-order valence-electron chi connectivity index (χ3n) is 1.76. The number of benzene rings is 1. The van der Waals surface area contributed by atoms with Gasteiger partial charge in [0.1, 0.15) is 5.83 Å². The summed E-state index contributed by atoms with van der Waals surface area (Å²) in [4.78, 5) is 1.22. The molecule has 0 radical (unpaired) electrons. The molecule has 0 unspecified atom stereocenters. The number of hydrogen-bond donors (Lipinski definition) is 0. The first-order valence-electron chi connectivity index (χ1n) is 3.91. The number of hydrogen-bond acceptors (Lipinski definition) is 2. The van der Waals surface area contributed by atoms with E-state index in [-0.39, 0.29) is 5.83 Å². The topological polar surface area (TPSA) is 18.5 Å². The average molecular weight is 261 g/mol. The number of rotatable bonds is 3. The molecular weight excluding hydrogens is 251 g/mol. The van der Waals surface area contributed by atoms with Crippen LogP contribution in [0.3, 0.4) is 0 Å². The summed E-state index contributed by atoms with van der Waals surface area (Å²) in [6.45, 7) is 0. The third-order valence-corrected chi connectivity index (χ3v) is 2.16. The maximum absolute atomic E-state index is 13.1. The monoisotopic (exact) mass is 260 g/mol. The Morgan fingerprint density at radius 3 is 2.43 bits per heavy atom. The van der Waals surface area contributed by atoms with Gasteiger partial charge in [-0.3, -0.25) is 0 Å². The third kappa shape index (κ3) is 2.26. The molecule has 1 rings (SSSR count). The second-order valence-electron chi connectivity index (χ2n) is 2.53. The normalized spacial score (nSPS) is 11.3. The lowest BCUT2D eigenvalue weighted by molar-refractivity contribution is 0.355. The summed E-state index contributed by atoms with van der Waals surface area (Å²) in [5.74, 6) is 0.735. The Morgan fingerprint density at radius 2 is 1.93 bits per heavy atom. The van der Waals surface area contributed by atoms with Crippen LogP contribution in [0, 0.1) is 0 Å². The van der Waals surface area contributed by atoms with E-state index < -0.39 is 0 Å². The zero-order chi connectivity index (χ0) is 10.6. The summed E-state index contributed by atoms with van der Waals surface area (Å²) < 4.78 is 23.2. The molecule has 76 valence electrons. The van der Waals surface area contributed by atoms with Crippen molar-refractivity contribution in [1.82, 2.24) is 0 Å². The van der Waals surface area contributed by atoms with Crippen LogP contribution in [-0.4, -0.2) is 14.2 Å². The van der Waals surface area contributed by atoms with Gasteiger partial charge in [-0.05, 0) is 18.2 Å². The van der Waals surface area contributed by atoms with E-state index in [0.717, 1.165) is 0 Å². The van der Waals surface area contributed by atoms with Crippen molar-refractivity contribution >= 4 is 21.8 Å². The lowest BCUT2D eigenvalue weighted by atomic mass is 10.2. The van der Waals surface area contributed by atoms with Gasteiger partial charge in [0.05, 0.1) is 14.2 Å². The van der Waals surface area contributed by atoms with E-state index >= 15 is 0 Å². The Balaban J connectivity index is 3.14. The summed E-state index contributed by atoms with van der Waals surface area (Å²) >= 11 is 2.92. The molecule has 0 spiro atoms. The van der Waals surface area contributed by atoms with Gasteiger partial charge >= 0.3 is 0 Å². The maximum Gasteiger partial charge on any atom is 0.161 e. The first-order chi connectivity index (χ1) is 6.72. The fourth-order valence-corrected chi connectivity index (χ4v) is 1.31. The molecule has 0 aromatic heterocycles. The largest absolute Gasteiger partial charge is 0.493 e. The Bertz CT molecular complexity index is 350. The van der Waals surface area contributed by atoms with Gasteiger partial charge in [0.15, 0.2) is 11.5 Å². The Morgan fingerprint density at radius 1 is 1.29 bits per heavy atom. The van der Waals surface area contributed by atoms with Crippen molar-refractivity contribution in [2.45, 2.75) is 0 Å². The fourth-order valence-electron chi connectivity index (χ4n) is 1.05. The molecule has 1 aromatic carbocycles. The minimum atomic E-state index is -0.356. The number of ether oxygens (including phenoxy) is 2. The molecule has 0 heterocycles. The van der Waals surface area contributed by atoms with Crippen LogP contribution in [0.2, 0.25) is 0 Å². The molecule has 1 aromatic rings. The molecule has 0 aliphatic heterocycles. The van der Waals surface area contributed by atoms with Crippen LogP contribution in [0.4, 0.5) is 4.39 Å². The van der Waals surface area contributed by atoms with Gasteiger partial charge in [-0.2, -0.15) is 0 Å². The highest BCUT2D eigenvalue weighted by molar-refractivity contribution is 9.11. The van der Waals surface area contributed by atoms with Crippen LogP contribution < -0.4 is 9.47 Å². The van der Waals surface area contributed by atoms with Gasteiger partial charge in [0.25, 0.3) is 0 Å². The van der Waals surface area contributed by atoms with Crippen molar-refractivity contribution < 1.29 is 13.9 Å². The highest BCUT2D eigenvalue weighted by Crippen LogP contribution is 2.30. The summed E-state index contributed by atoms with van der Waals surface area (Å²) in [6, 6.07) is 4.85. The standard InChI is InChI=1S/C10H10BrFO2/c1-13-9-4-3-7(8(12)6-11)5-10(9)14-2/h3-6H,1-2H3/b8-6+.